The molecule has 7 N–H and O–H groups in total. The van der Waals surface area contributed by atoms with Crippen LogP contribution in [0.4, 0.5) is 0 Å². The van der Waals surface area contributed by atoms with Crippen molar-refractivity contribution >= 4 is 11.9 Å². The van der Waals surface area contributed by atoms with Crippen LogP contribution in [0.15, 0.2) is 24.3 Å². The van der Waals surface area contributed by atoms with Crippen LogP contribution in [-0.2, 0) is 38.0 Å². The van der Waals surface area contributed by atoms with E-state index in [9.17, 15) is 45.3 Å². The highest BCUT2D eigenvalue weighted by molar-refractivity contribution is 5.70. The summed E-state index contributed by atoms with van der Waals surface area (Å²) in [4.78, 5) is 25.8. The van der Waals surface area contributed by atoms with Crippen LogP contribution < -0.4 is 0 Å². The molecular weight excluding hydrogens is 889 g/mol. The molecule has 2 fully saturated rings. The van der Waals surface area contributed by atoms with Crippen molar-refractivity contribution < 1.29 is 73.8 Å². The van der Waals surface area contributed by atoms with Crippen LogP contribution in [0, 0.1) is 0 Å². The summed E-state index contributed by atoms with van der Waals surface area (Å²) in [6.45, 7) is 2.59. The van der Waals surface area contributed by atoms with Gasteiger partial charge in [-0.15, -0.1) is 0 Å². The summed E-state index contributed by atoms with van der Waals surface area (Å²) in [5, 5.41) is 72.2. The predicted molar refractivity (Wildman–Crippen MR) is 266 cm³/mol. The minimum Gasteiger partial charge on any atom is -0.462 e. The Bertz CT molecular complexity index is 1300. The van der Waals surface area contributed by atoms with E-state index in [2.05, 4.69) is 38.2 Å². The maximum atomic E-state index is 13.0. The molecule has 11 unspecified atom stereocenters. The molecule has 0 aromatic rings. The van der Waals surface area contributed by atoms with Crippen LogP contribution in [0.1, 0.15) is 213 Å². The second kappa shape index (κ2) is 41.5. The molecule has 0 aromatic heterocycles. The van der Waals surface area contributed by atoms with Crippen molar-refractivity contribution in [3.63, 3.8) is 0 Å². The quantitative estimate of drug-likeness (QED) is 0.0173. The van der Waals surface area contributed by atoms with Crippen LogP contribution in [0.25, 0.3) is 0 Å². The summed E-state index contributed by atoms with van der Waals surface area (Å²) in [7, 11) is 0. The molecule has 0 aliphatic carbocycles. The normalized spacial score (nSPS) is 25.7. The van der Waals surface area contributed by atoms with Gasteiger partial charge in [0.2, 0.25) is 0 Å². The van der Waals surface area contributed by atoms with E-state index in [0.29, 0.717) is 12.8 Å². The Hall–Kier alpha value is -2.02. The molecule has 2 heterocycles. The highest BCUT2D eigenvalue weighted by Crippen LogP contribution is 2.27. The van der Waals surface area contributed by atoms with Crippen molar-refractivity contribution in [2.45, 2.75) is 280 Å². The van der Waals surface area contributed by atoms with Gasteiger partial charge in [0.1, 0.15) is 55.4 Å². The van der Waals surface area contributed by atoms with Gasteiger partial charge in [-0.25, -0.2) is 0 Å². The molecule has 69 heavy (non-hydrogen) atoms. The van der Waals surface area contributed by atoms with Gasteiger partial charge in [-0.05, 0) is 44.9 Å². The van der Waals surface area contributed by atoms with Gasteiger partial charge in [-0.3, -0.25) is 9.59 Å². The molecule has 2 aliphatic rings. The SMILES string of the molecule is CCCCCC/C=C\C/C=C\CCCCCCCCCC(=O)OC(COC(=O)CCCCCCCCCCCCCCCCC)COC1OC(COC2OC(CO)C(O)C(O)C2O)C(O)C(O)C1O. The Kier molecular flexibility index (Phi) is 37.9. The zero-order valence-corrected chi connectivity index (χ0v) is 42.8. The lowest BCUT2D eigenvalue weighted by Crippen LogP contribution is -2.61. The standard InChI is InChI=1S/C54H98O15/c1-3-5-7-9-11-13-15-17-19-20-21-23-25-27-29-31-33-35-37-46(57)67-42(39-64-45(56)36-34-32-30-28-26-24-22-18-16-14-12-10-8-6-4-2)40-65-53-52(63)50(61)48(59)44(69-53)41-66-54-51(62)49(60)47(58)43(38-55)68-54/h13,15,19-20,42-44,47-55,58-63H,3-12,14,16-18,21-41H2,1-2H3/b15-13-,20-19-. The van der Waals surface area contributed by atoms with Gasteiger partial charge in [0.25, 0.3) is 0 Å². The third-order valence-electron chi connectivity index (χ3n) is 13.2. The van der Waals surface area contributed by atoms with Gasteiger partial charge in [-0.1, -0.05) is 179 Å². The number of unbranched alkanes of at least 4 members (excludes halogenated alkanes) is 25. The minimum absolute atomic E-state index is 0.159. The molecule has 15 nitrogen and oxygen atoms in total. The lowest BCUT2D eigenvalue weighted by molar-refractivity contribution is -0.332. The number of ether oxygens (including phenoxy) is 6. The number of allylic oxidation sites excluding steroid dienone is 4. The molecule has 11 atom stereocenters. The summed E-state index contributed by atoms with van der Waals surface area (Å²) < 4.78 is 33.6. The van der Waals surface area contributed by atoms with Gasteiger partial charge >= 0.3 is 11.9 Å². The first-order valence-electron chi connectivity index (χ1n) is 27.4. The van der Waals surface area contributed by atoms with E-state index in [4.69, 9.17) is 28.4 Å². The Morgan fingerprint density at radius 1 is 0.464 bits per heavy atom. The zero-order valence-electron chi connectivity index (χ0n) is 42.8. The van der Waals surface area contributed by atoms with Crippen molar-refractivity contribution in [3.8, 4) is 0 Å². The van der Waals surface area contributed by atoms with E-state index in [1.54, 1.807) is 0 Å². The molecule has 404 valence electrons. The first-order valence-corrected chi connectivity index (χ1v) is 27.4. The second-order valence-electron chi connectivity index (χ2n) is 19.4. The van der Waals surface area contributed by atoms with E-state index in [0.717, 1.165) is 64.2 Å². The fraction of sp³-hybridized carbons (Fsp3) is 0.889. The number of carbonyl (C=O) groups excluding carboxylic acids is 2. The molecule has 0 saturated carbocycles. The monoisotopic (exact) mass is 987 g/mol. The average molecular weight is 987 g/mol. The van der Waals surface area contributed by atoms with Gasteiger partial charge in [0.15, 0.2) is 18.7 Å². The highest BCUT2D eigenvalue weighted by atomic mass is 16.7. The topological polar surface area (TPSA) is 231 Å². The Labute approximate surface area is 415 Å². The average Bonchev–Trinajstić information content (AvgIpc) is 3.34. The Balaban J connectivity index is 1.79. The van der Waals surface area contributed by atoms with Gasteiger partial charge in [0, 0.05) is 12.8 Å². The highest BCUT2D eigenvalue weighted by Gasteiger charge is 2.47. The fourth-order valence-electron chi connectivity index (χ4n) is 8.66. The van der Waals surface area contributed by atoms with Crippen LogP contribution in [0.5, 0.6) is 0 Å². The van der Waals surface area contributed by atoms with Crippen LogP contribution in [0.3, 0.4) is 0 Å². The largest absolute Gasteiger partial charge is 0.462 e. The minimum atomic E-state index is -1.76. The molecule has 2 saturated heterocycles. The van der Waals surface area contributed by atoms with Gasteiger partial charge < -0.3 is 64.2 Å². The fourth-order valence-corrected chi connectivity index (χ4v) is 8.66. The first kappa shape index (κ1) is 63.1. The lowest BCUT2D eigenvalue weighted by Gasteiger charge is -2.42. The molecule has 15 heteroatoms. The van der Waals surface area contributed by atoms with Crippen molar-refractivity contribution in [2.75, 3.05) is 26.4 Å². The van der Waals surface area contributed by atoms with Crippen LogP contribution in [0.2, 0.25) is 0 Å². The smallest absolute Gasteiger partial charge is 0.306 e. The molecule has 0 bridgehead atoms. The number of hydrogen-bond acceptors (Lipinski definition) is 15. The molecule has 0 spiro atoms. The summed E-state index contributed by atoms with van der Waals surface area (Å²) in [6, 6.07) is 0. The van der Waals surface area contributed by atoms with Crippen molar-refractivity contribution in [1.82, 2.24) is 0 Å². The lowest BCUT2D eigenvalue weighted by atomic mass is 9.98. The third-order valence-corrected chi connectivity index (χ3v) is 13.2. The van der Waals surface area contributed by atoms with Crippen LogP contribution in [-0.4, -0.2) is 142 Å². The van der Waals surface area contributed by atoms with E-state index in [-0.39, 0.29) is 26.1 Å². The van der Waals surface area contributed by atoms with Crippen LogP contribution >= 0.6 is 0 Å². The van der Waals surface area contributed by atoms with E-state index in [1.165, 1.54) is 109 Å². The number of hydrogen-bond donors (Lipinski definition) is 7. The molecule has 0 aromatic carbocycles. The molecule has 2 rings (SSSR count). The van der Waals surface area contributed by atoms with E-state index < -0.39 is 92.7 Å². The number of aliphatic hydroxyl groups is 7. The van der Waals surface area contributed by atoms with E-state index >= 15 is 0 Å². The van der Waals surface area contributed by atoms with Crippen molar-refractivity contribution in [3.05, 3.63) is 24.3 Å². The van der Waals surface area contributed by atoms with Crippen molar-refractivity contribution in [2.24, 2.45) is 0 Å². The van der Waals surface area contributed by atoms with Gasteiger partial charge in [-0.2, -0.15) is 0 Å². The summed E-state index contributed by atoms with van der Waals surface area (Å²) in [6.07, 6.45) is 26.2. The number of rotatable bonds is 43. The maximum absolute atomic E-state index is 13.0. The van der Waals surface area contributed by atoms with E-state index in [1.807, 2.05) is 0 Å². The van der Waals surface area contributed by atoms with Crippen molar-refractivity contribution in [1.29, 1.82) is 0 Å². The number of carbonyl (C=O) groups is 2. The summed E-state index contributed by atoms with van der Waals surface area (Å²) in [5.41, 5.74) is 0. The predicted octanol–water partition coefficient (Wildman–Crippen LogP) is 8.33. The molecule has 2 aliphatic heterocycles. The zero-order chi connectivity index (χ0) is 50.3. The summed E-state index contributed by atoms with van der Waals surface area (Å²) in [5.74, 6) is -0.924. The number of esters is 2. The third kappa shape index (κ3) is 29.3. The molecule has 0 radical (unpaired) electrons. The molecular formula is C54H98O15. The number of aliphatic hydroxyl groups excluding tert-OH is 7. The van der Waals surface area contributed by atoms with Gasteiger partial charge in [0.05, 0.1) is 19.8 Å². The Morgan fingerprint density at radius 3 is 1.36 bits per heavy atom. The first-order chi connectivity index (χ1) is 33.5. The second-order valence-corrected chi connectivity index (χ2v) is 19.4. The summed E-state index contributed by atoms with van der Waals surface area (Å²) >= 11 is 0. The Morgan fingerprint density at radius 2 is 0.870 bits per heavy atom. The maximum Gasteiger partial charge on any atom is 0.306 e. The molecule has 0 amide bonds.